The average Bonchev–Trinajstić information content (AvgIpc) is 2.38. The van der Waals surface area contributed by atoms with Gasteiger partial charge in [0.1, 0.15) is 5.82 Å². The molecule has 0 aliphatic carbocycles. The summed E-state index contributed by atoms with van der Waals surface area (Å²) < 4.78 is 14.4. The minimum atomic E-state index is -0.206. The maximum Gasteiger partial charge on any atom is 0.159 e. The van der Waals surface area contributed by atoms with Crippen LogP contribution in [-0.2, 0) is 5.75 Å². The second-order valence-electron chi connectivity index (χ2n) is 4.10. The highest BCUT2D eigenvalue weighted by Gasteiger charge is 2.04. The summed E-state index contributed by atoms with van der Waals surface area (Å²) in [6, 6.07) is 12.4. The lowest BCUT2D eigenvalue weighted by Gasteiger charge is -2.04. The molecular formula is C15H12BrFOS. The van der Waals surface area contributed by atoms with E-state index in [1.54, 1.807) is 36.9 Å². The SMILES string of the molecule is CC(=O)c1ccc(SCc2ccc(Br)cc2F)cc1. The molecule has 0 N–H and O–H groups in total. The summed E-state index contributed by atoms with van der Waals surface area (Å²) in [5.41, 5.74) is 1.36. The van der Waals surface area contributed by atoms with E-state index in [1.165, 1.54) is 6.07 Å². The van der Waals surface area contributed by atoms with Crippen molar-refractivity contribution in [1.82, 2.24) is 0 Å². The van der Waals surface area contributed by atoms with Crippen molar-refractivity contribution in [3.8, 4) is 0 Å². The quantitative estimate of drug-likeness (QED) is 0.571. The normalized spacial score (nSPS) is 10.5. The van der Waals surface area contributed by atoms with Crippen LogP contribution >= 0.6 is 27.7 Å². The second-order valence-corrected chi connectivity index (χ2v) is 6.07. The molecule has 0 spiro atoms. The van der Waals surface area contributed by atoms with Crippen molar-refractivity contribution in [2.24, 2.45) is 0 Å². The molecule has 0 bridgehead atoms. The van der Waals surface area contributed by atoms with Crippen LogP contribution in [0.2, 0.25) is 0 Å². The fourth-order valence-electron chi connectivity index (χ4n) is 1.59. The van der Waals surface area contributed by atoms with Crippen LogP contribution in [0, 0.1) is 5.82 Å². The van der Waals surface area contributed by atoms with E-state index in [4.69, 9.17) is 0 Å². The zero-order valence-corrected chi connectivity index (χ0v) is 12.7. The van der Waals surface area contributed by atoms with Gasteiger partial charge in [-0.05, 0) is 36.8 Å². The summed E-state index contributed by atoms with van der Waals surface area (Å²) in [6.45, 7) is 1.54. The van der Waals surface area contributed by atoms with Crippen LogP contribution in [0.15, 0.2) is 51.8 Å². The Bertz CT molecular complexity index is 596. The highest BCUT2D eigenvalue weighted by molar-refractivity contribution is 9.10. The third-order valence-electron chi connectivity index (χ3n) is 2.67. The first kappa shape index (κ1) is 14.3. The molecule has 0 aliphatic rings. The number of carbonyl (C=O) groups excluding carboxylic acids is 1. The van der Waals surface area contributed by atoms with Crippen LogP contribution in [0.1, 0.15) is 22.8 Å². The van der Waals surface area contributed by atoms with E-state index in [0.717, 1.165) is 9.37 Å². The van der Waals surface area contributed by atoms with Gasteiger partial charge >= 0.3 is 0 Å². The van der Waals surface area contributed by atoms with E-state index in [-0.39, 0.29) is 11.6 Å². The standard InChI is InChI=1S/C15H12BrFOS/c1-10(18)11-3-6-14(7-4-11)19-9-12-2-5-13(16)8-15(12)17/h2-8H,9H2,1H3. The molecular weight excluding hydrogens is 327 g/mol. The van der Waals surface area contributed by atoms with Crippen molar-refractivity contribution >= 4 is 33.5 Å². The Morgan fingerprint density at radius 2 is 1.89 bits per heavy atom. The Morgan fingerprint density at radius 1 is 1.21 bits per heavy atom. The van der Waals surface area contributed by atoms with Gasteiger partial charge < -0.3 is 0 Å². The first-order valence-corrected chi connectivity index (χ1v) is 7.52. The van der Waals surface area contributed by atoms with Gasteiger partial charge in [-0.2, -0.15) is 0 Å². The van der Waals surface area contributed by atoms with Crippen LogP contribution < -0.4 is 0 Å². The number of benzene rings is 2. The molecule has 0 aliphatic heterocycles. The summed E-state index contributed by atoms with van der Waals surface area (Å²) >= 11 is 4.78. The Hall–Kier alpha value is -1.13. The lowest BCUT2D eigenvalue weighted by Crippen LogP contribution is -1.91. The zero-order valence-electron chi connectivity index (χ0n) is 10.3. The topological polar surface area (TPSA) is 17.1 Å². The summed E-state index contributed by atoms with van der Waals surface area (Å²) in [4.78, 5) is 12.2. The molecule has 4 heteroatoms. The maximum atomic E-state index is 13.6. The predicted molar refractivity (Wildman–Crippen MR) is 80.1 cm³/mol. The fraction of sp³-hybridized carbons (Fsp3) is 0.133. The fourth-order valence-corrected chi connectivity index (χ4v) is 2.80. The smallest absolute Gasteiger partial charge is 0.159 e. The van der Waals surface area contributed by atoms with Crippen LogP contribution in [0.5, 0.6) is 0 Å². The van der Waals surface area contributed by atoms with Crippen molar-refractivity contribution < 1.29 is 9.18 Å². The first-order valence-electron chi connectivity index (χ1n) is 5.74. The molecule has 2 aromatic carbocycles. The third-order valence-corrected chi connectivity index (χ3v) is 4.22. The number of Topliss-reactive ketones (excluding diaryl/α,β-unsaturated/α-hetero) is 1. The molecule has 98 valence electrons. The van der Waals surface area contributed by atoms with Gasteiger partial charge in [-0.15, -0.1) is 11.8 Å². The molecule has 0 radical (unpaired) electrons. The van der Waals surface area contributed by atoms with Crippen molar-refractivity contribution in [3.63, 3.8) is 0 Å². The molecule has 0 saturated heterocycles. The summed E-state index contributed by atoms with van der Waals surface area (Å²) in [5, 5.41) is 0. The average molecular weight is 339 g/mol. The molecule has 2 aromatic rings. The number of hydrogen-bond acceptors (Lipinski definition) is 2. The summed E-state index contributed by atoms with van der Waals surface area (Å²) in [5.74, 6) is 0.413. The molecule has 19 heavy (non-hydrogen) atoms. The number of carbonyl (C=O) groups is 1. The Balaban J connectivity index is 2.04. The predicted octanol–water partition coefficient (Wildman–Crippen LogP) is 5.08. The van der Waals surface area contributed by atoms with Crippen LogP contribution in [0.25, 0.3) is 0 Å². The third kappa shape index (κ3) is 3.91. The van der Waals surface area contributed by atoms with E-state index in [2.05, 4.69) is 15.9 Å². The minimum absolute atomic E-state index is 0.0514. The largest absolute Gasteiger partial charge is 0.295 e. The van der Waals surface area contributed by atoms with E-state index in [1.807, 2.05) is 18.2 Å². The lowest BCUT2D eigenvalue weighted by molar-refractivity contribution is 0.101. The minimum Gasteiger partial charge on any atom is -0.295 e. The number of halogens is 2. The van der Waals surface area contributed by atoms with E-state index in [9.17, 15) is 9.18 Å². The van der Waals surface area contributed by atoms with Crippen LogP contribution in [0.4, 0.5) is 4.39 Å². The Kier molecular flexibility index (Phi) is 4.77. The number of ketones is 1. The summed E-state index contributed by atoms with van der Waals surface area (Å²) in [6.07, 6.45) is 0. The van der Waals surface area contributed by atoms with Crippen molar-refractivity contribution in [2.75, 3.05) is 0 Å². The molecule has 0 amide bonds. The highest BCUT2D eigenvalue weighted by Crippen LogP contribution is 2.25. The van der Waals surface area contributed by atoms with Gasteiger partial charge in [-0.3, -0.25) is 4.79 Å². The Morgan fingerprint density at radius 3 is 2.47 bits per heavy atom. The highest BCUT2D eigenvalue weighted by atomic mass is 79.9. The molecule has 0 aromatic heterocycles. The van der Waals surface area contributed by atoms with Gasteiger partial charge in [-0.25, -0.2) is 4.39 Å². The zero-order chi connectivity index (χ0) is 13.8. The molecule has 0 heterocycles. The number of hydrogen-bond donors (Lipinski definition) is 0. The number of rotatable bonds is 4. The van der Waals surface area contributed by atoms with Crippen molar-refractivity contribution in [3.05, 3.63) is 63.9 Å². The second kappa shape index (κ2) is 6.35. The summed E-state index contributed by atoms with van der Waals surface area (Å²) in [7, 11) is 0. The van der Waals surface area contributed by atoms with Gasteiger partial charge in [0.2, 0.25) is 0 Å². The van der Waals surface area contributed by atoms with Crippen LogP contribution in [0.3, 0.4) is 0 Å². The van der Waals surface area contributed by atoms with Crippen molar-refractivity contribution in [2.45, 2.75) is 17.6 Å². The number of thioether (sulfide) groups is 1. The maximum absolute atomic E-state index is 13.6. The van der Waals surface area contributed by atoms with E-state index < -0.39 is 0 Å². The van der Waals surface area contributed by atoms with Crippen molar-refractivity contribution in [1.29, 1.82) is 0 Å². The van der Waals surface area contributed by atoms with Gasteiger partial charge in [0.15, 0.2) is 5.78 Å². The molecule has 0 unspecified atom stereocenters. The van der Waals surface area contributed by atoms with Crippen LogP contribution in [-0.4, -0.2) is 5.78 Å². The molecule has 0 fully saturated rings. The monoisotopic (exact) mass is 338 g/mol. The molecule has 2 rings (SSSR count). The molecule has 0 atom stereocenters. The van der Waals surface area contributed by atoms with Gasteiger partial charge in [0.05, 0.1) is 0 Å². The van der Waals surface area contributed by atoms with E-state index >= 15 is 0 Å². The first-order chi connectivity index (χ1) is 9.06. The lowest BCUT2D eigenvalue weighted by atomic mass is 10.2. The van der Waals surface area contributed by atoms with Gasteiger partial charge in [0.25, 0.3) is 0 Å². The van der Waals surface area contributed by atoms with E-state index in [0.29, 0.717) is 16.9 Å². The Labute approximate surface area is 124 Å². The molecule has 1 nitrogen and oxygen atoms in total. The molecule has 0 saturated carbocycles. The van der Waals surface area contributed by atoms with Gasteiger partial charge in [0, 0.05) is 20.7 Å². The van der Waals surface area contributed by atoms with Gasteiger partial charge in [-0.1, -0.05) is 34.1 Å².